The number of aliphatic hydroxyl groups is 1. The average Bonchev–Trinajstić information content (AvgIpc) is 2.01. The van der Waals surface area contributed by atoms with Crippen LogP contribution in [0.25, 0.3) is 0 Å². The molecule has 0 aromatic rings. The topological polar surface area (TPSA) is 87.0 Å². The number of carboxylic acids is 1. The highest BCUT2D eigenvalue weighted by Crippen LogP contribution is 2.30. The number of aliphatic hydroxyl groups excluding tert-OH is 1. The van der Waals surface area contributed by atoms with E-state index in [1.165, 1.54) is 0 Å². The molecule has 0 radical (unpaired) electrons. The lowest BCUT2D eigenvalue weighted by Gasteiger charge is -2.31. The van der Waals surface area contributed by atoms with Crippen LogP contribution in [0.4, 0.5) is 0 Å². The Balaban J connectivity index is 2.42. The summed E-state index contributed by atoms with van der Waals surface area (Å²) in [6.45, 7) is 1.59. The number of aliphatic carboxylic acids is 1. The van der Waals surface area contributed by atoms with Crippen LogP contribution in [0.5, 0.6) is 0 Å². The van der Waals surface area contributed by atoms with Gasteiger partial charge in [0, 0.05) is 5.82 Å². The predicted molar refractivity (Wildman–Crippen MR) is 49.8 cm³/mol. The summed E-state index contributed by atoms with van der Waals surface area (Å²) in [7, 11) is -1.05. The highest BCUT2D eigenvalue weighted by atomic mass is 16.5. The molecule has 3 N–H and O–H groups in total. The molecule has 1 rings (SSSR count). The van der Waals surface area contributed by atoms with E-state index in [0.29, 0.717) is 12.8 Å². The van der Waals surface area contributed by atoms with Crippen LogP contribution < -0.4 is 0 Å². The highest BCUT2D eigenvalue weighted by Gasteiger charge is 2.38. The van der Waals surface area contributed by atoms with E-state index >= 15 is 0 Å². The summed E-state index contributed by atoms with van der Waals surface area (Å²) in [5.74, 6) is -1.24. The maximum atomic E-state index is 10.4. The van der Waals surface area contributed by atoms with Crippen molar-refractivity contribution in [3.63, 3.8) is 0 Å². The van der Waals surface area contributed by atoms with Crippen LogP contribution in [0.2, 0.25) is 5.82 Å². The molecule has 0 bridgehead atoms. The highest BCUT2D eigenvalue weighted by molar-refractivity contribution is 6.45. The van der Waals surface area contributed by atoms with E-state index < -0.39 is 25.3 Å². The van der Waals surface area contributed by atoms with Crippen molar-refractivity contribution in [2.45, 2.75) is 44.2 Å². The lowest BCUT2D eigenvalue weighted by atomic mass is 9.64. The third-order valence-corrected chi connectivity index (χ3v) is 2.54. The number of carbonyl (C=O) groups is 1. The Morgan fingerprint density at radius 2 is 2.29 bits per heavy atom. The predicted octanol–water partition coefficient (Wildman–Crippen LogP) is -0.128. The van der Waals surface area contributed by atoms with E-state index in [1.807, 2.05) is 0 Å². The molecule has 0 amide bonds. The van der Waals surface area contributed by atoms with E-state index in [1.54, 1.807) is 6.92 Å². The Labute approximate surface area is 82.8 Å². The monoisotopic (exact) mass is 202 g/mol. The smallest absolute Gasteiger partial charge is 0.460 e. The Bertz CT molecular complexity index is 208. The molecule has 1 saturated heterocycles. The Hall–Kier alpha value is -0.585. The lowest BCUT2D eigenvalue weighted by Crippen LogP contribution is -2.40. The van der Waals surface area contributed by atoms with Gasteiger partial charge in [0.2, 0.25) is 0 Å². The first-order chi connectivity index (χ1) is 6.50. The Morgan fingerprint density at radius 3 is 2.71 bits per heavy atom. The zero-order chi connectivity index (χ0) is 10.7. The molecule has 1 heterocycles. The van der Waals surface area contributed by atoms with E-state index in [0.717, 1.165) is 0 Å². The molecule has 3 atom stereocenters. The second-order valence-corrected chi connectivity index (χ2v) is 3.73. The summed E-state index contributed by atoms with van der Waals surface area (Å²) in [4.78, 5) is 10.4. The largest absolute Gasteiger partial charge is 0.481 e. The van der Waals surface area contributed by atoms with Gasteiger partial charge in [0.25, 0.3) is 0 Å². The zero-order valence-electron chi connectivity index (χ0n) is 8.09. The number of rotatable bonds is 3. The van der Waals surface area contributed by atoms with E-state index in [2.05, 4.69) is 0 Å². The minimum absolute atomic E-state index is 0.0937. The van der Waals surface area contributed by atoms with Gasteiger partial charge >= 0.3 is 13.1 Å². The molecule has 5 nitrogen and oxygen atoms in total. The van der Waals surface area contributed by atoms with Gasteiger partial charge in [-0.25, -0.2) is 0 Å². The number of hydrogen-bond acceptors (Lipinski definition) is 4. The van der Waals surface area contributed by atoms with Crippen molar-refractivity contribution >= 4 is 13.1 Å². The second kappa shape index (κ2) is 4.77. The molecular weight excluding hydrogens is 187 g/mol. The first-order valence-electron chi connectivity index (χ1n) is 4.74. The van der Waals surface area contributed by atoms with Gasteiger partial charge in [-0.1, -0.05) is 0 Å². The molecule has 14 heavy (non-hydrogen) atoms. The Morgan fingerprint density at radius 1 is 1.64 bits per heavy atom. The summed E-state index contributed by atoms with van der Waals surface area (Å²) in [6.07, 6.45) is 0.00697. The molecule has 0 spiro atoms. The van der Waals surface area contributed by atoms with Crippen molar-refractivity contribution in [2.75, 3.05) is 0 Å². The van der Waals surface area contributed by atoms with Crippen LogP contribution >= 0.6 is 0 Å². The van der Waals surface area contributed by atoms with Crippen molar-refractivity contribution in [1.29, 1.82) is 0 Å². The van der Waals surface area contributed by atoms with Gasteiger partial charge in [0.1, 0.15) is 0 Å². The van der Waals surface area contributed by atoms with Crippen molar-refractivity contribution in [2.24, 2.45) is 0 Å². The second-order valence-electron chi connectivity index (χ2n) is 3.73. The minimum Gasteiger partial charge on any atom is -0.481 e. The molecule has 1 aliphatic heterocycles. The van der Waals surface area contributed by atoms with Crippen LogP contribution in [0.1, 0.15) is 26.2 Å². The molecule has 2 unspecified atom stereocenters. The van der Waals surface area contributed by atoms with Crippen LogP contribution in [-0.2, 0) is 9.45 Å². The first kappa shape index (κ1) is 11.5. The summed E-state index contributed by atoms with van der Waals surface area (Å²) < 4.78 is 5.09. The van der Waals surface area contributed by atoms with Gasteiger partial charge in [-0.3, -0.25) is 4.79 Å². The fraction of sp³-hybridized carbons (Fsp3) is 0.875. The third-order valence-electron chi connectivity index (χ3n) is 2.54. The molecular formula is C8H15BO5. The summed E-state index contributed by atoms with van der Waals surface area (Å²) >= 11 is 0. The normalized spacial score (nSPS) is 30.1. The lowest BCUT2D eigenvalue weighted by molar-refractivity contribution is -0.139. The molecule has 0 aromatic carbocycles. The van der Waals surface area contributed by atoms with Gasteiger partial charge in [0.05, 0.1) is 18.6 Å². The molecule has 0 aliphatic carbocycles. The fourth-order valence-corrected chi connectivity index (χ4v) is 1.71. The molecule has 0 saturated carbocycles. The molecule has 1 aliphatic rings. The van der Waals surface area contributed by atoms with Crippen LogP contribution in [0.15, 0.2) is 0 Å². The maximum Gasteiger partial charge on any atom is 0.460 e. The molecule has 80 valence electrons. The van der Waals surface area contributed by atoms with E-state index in [4.69, 9.17) is 9.76 Å². The van der Waals surface area contributed by atoms with Crippen LogP contribution in [0.3, 0.4) is 0 Å². The van der Waals surface area contributed by atoms with Gasteiger partial charge < -0.3 is 19.9 Å². The van der Waals surface area contributed by atoms with Crippen molar-refractivity contribution in [3.05, 3.63) is 0 Å². The van der Waals surface area contributed by atoms with Gasteiger partial charge in [0.15, 0.2) is 0 Å². The van der Waals surface area contributed by atoms with Crippen molar-refractivity contribution < 1.29 is 24.7 Å². The molecule has 1 fully saturated rings. The van der Waals surface area contributed by atoms with Gasteiger partial charge in [-0.15, -0.1) is 0 Å². The van der Waals surface area contributed by atoms with Crippen molar-refractivity contribution in [1.82, 2.24) is 0 Å². The minimum atomic E-state index is -1.05. The summed E-state index contributed by atoms with van der Waals surface area (Å²) in [5, 5.41) is 27.2. The maximum absolute atomic E-state index is 10.4. The summed E-state index contributed by atoms with van der Waals surface area (Å²) in [5.41, 5.74) is 0. The Kier molecular flexibility index (Phi) is 3.91. The average molecular weight is 202 g/mol. The molecule has 6 heteroatoms. The SMILES string of the molecule is CC(O)C1CC[C@@H](CC(=O)O)OB1O. The summed E-state index contributed by atoms with van der Waals surface area (Å²) in [6, 6.07) is 0. The zero-order valence-corrected chi connectivity index (χ0v) is 8.09. The van der Waals surface area contributed by atoms with Gasteiger partial charge in [-0.05, 0) is 19.8 Å². The van der Waals surface area contributed by atoms with E-state index in [-0.39, 0.29) is 12.2 Å². The fourth-order valence-electron chi connectivity index (χ4n) is 1.71. The molecule has 0 aromatic heterocycles. The third kappa shape index (κ3) is 2.97. The number of hydrogen-bond donors (Lipinski definition) is 3. The van der Waals surface area contributed by atoms with Crippen LogP contribution in [-0.4, -0.2) is 40.5 Å². The standard InChI is InChI=1S/C8H15BO5/c1-5(10)7-3-2-6(4-8(11)12)14-9(7)13/h5-7,10,13H,2-4H2,1H3,(H,11,12)/t5?,6-,7?/m0/s1. The van der Waals surface area contributed by atoms with Crippen LogP contribution in [0, 0.1) is 0 Å². The first-order valence-corrected chi connectivity index (χ1v) is 4.74. The van der Waals surface area contributed by atoms with E-state index in [9.17, 15) is 14.9 Å². The van der Waals surface area contributed by atoms with Crippen molar-refractivity contribution in [3.8, 4) is 0 Å². The van der Waals surface area contributed by atoms with Gasteiger partial charge in [-0.2, -0.15) is 0 Å². The quantitative estimate of drug-likeness (QED) is 0.555. The number of carboxylic acid groups (broad SMARTS) is 1.